The molecule has 0 spiro atoms. The van der Waals surface area contributed by atoms with E-state index in [2.05, 4.69) is 0 Å². The van der Waals surface area contributed by atoms with Gasteiger partial charge in [0, 0.05) is 23.5 Å². The van der Waals surface area contributed by atoms with Crippen molar-refractivity contribution in [3.8, 4) is 0 Å². The SMILES string of the molecule is CSc1cccc(N(C)Cc2cccc(Cl)c2)c1C(=O)O. The van der Waals surface area contributed by atoms with Crippen molar-refractivity contribution in [2.24, 2.45) is 0 Å². The Morgan fingerprint density at radius 1 is 1.29 bits per heavy atom. The molecule has 0 aliphatic carbocycles. The van der Waals surface area contributed by atoms with Crippen LogP contribution in [0.5, 0.6) is 0 Å². The van der Waals surface area contributed by atoms with Crippen molar-refractivity contribution in [1.82, 2.24) is 0 Å². The number of hydrogen-bond acceptors (Lipinski definition) is 3. The Balaban J connectivity index is 2.35. The lowest BCUT2D eigenvalue weighted by molar-refractivity contribution is 0.0694. The number of benzene rings is 2. The lowest BCUT2D eigenvalue weighted by Crippen LogP contribution is -2.19. The van der Waals surface area contributed by atoms with Crippen LogP contribution in [0, 0.1) is 0 Å². The van der Waals surface area contributed by atoms with Crippen molar-refractivity contribution in [1.29, 1.82) is 0 Å². The summed E-state index contributed by atoms with van der Waals surface area (Å²) in [5.74, 6) is -0.909. The molecule has 2 rings (SSSR count). The molecule has 0 radical (unpaired) electrons. The van der Waals surface area contributed by atoms with Crippen LogP contribution >= 0.6 is 23.4 Å². The van der Waals surface area contributed by atoms with Gasteiger partial charge in [-0.05, 0) is 36.1 Å². The third-order valence-electron chi connectivity index (χ3n) is 3.16. The average Bonchev–Trinajstić information content (AvgIpc) is 2.46. The van der Waals surface area contributed by atoms with Crippen LogP contribution < -0.4 is 4.90 Å². The number of nitrogens with zero attached hydrogens (tertiary/aromatic N) is 1. The smallest absolute Gasteiger partial charge is 0.338 e. The molecule has 0 bridgehead atoms. The van der Waals surface area contributed by atoms with Gasteiger partial charge in [-0.25, -0.2) is 4.79 Å². The summed E-state index contributed by atoms with van der Waals surface area (Å²) in [5, 5.41) is 10.2. The summed E-state index contributed by atoms with van der Waals surface area (Å²) in [6.07, 6.45) is 1.88. The van der Waals surface area contributed by atoms with Crippen LogP contribution in [0.25, 0.3) is 0 Å². The molecule has 0 saturated carbocycles. The Labute approximate surface area is 133 Å². The summed E-state index contributed by atoms with van der Waals surface area (Å²) in [4.78, 5) is 14.2. The van der Waals surface area contributed by atoms with Gasteiger partial charge in [0.15, 0.2) is 0 Å². The molecule has 2 aromatic rings. The highest BCUT2D eigenvalue weighted by Crippen LogP contribution is 2.30. The summed E-state index contributed by atoms with van der Waals surface area (Å²) >= 11 is 7.42. The van der Waals surface area contributed by atoms with Crippen LogP contribution in [0.3, 0.4) is 0 Å². The van der Waals surface area contributed by atoms with Crippen molar-refractivity contribution in [2.75, 3.05) is 18.2 Å². The summed E-state index contributed by atoms with van der Waals surface area (Å²) in [6, 6.07) is 13.1. The second kappa shape index (κ2) is 6.87. The van der Waals surface area contributed by atoms with Crippen molar-refractivity contribution in [3.05, 3.63) is 58.6 Å². The minimum atomic E-state index is -0.909. The topological polar surface area (TPSA) is 40.5 Å². The summed E-state index contributed by atoms with van der Waals surface area (Å²) in [7, 11) is 1.88. The fourth-order valence-corrected chi connectivity index (χ4v) is 3.04. The first kappa shape index (κ1) is 15.7. The van der Waals surface area contributed by atoms with Crippen LogP contribution in [0.1, 0.15) is 15.9 Å². The van der Waals surface area contributed by atoms with Crippen molar-refractivity contribution < 1.29 is 9.90 Å². The van der Waals surface area contributed by atoms with Gasteiger partial charge >= 0.3 is 5.97 Å². The quantitative estimate of drug-likeness (QED) is 0.829. The monoisotopic (exact) mass is 321 g/mol. The lowest BCUT2D eigenvalue weighted by atomic mass is 10.1. The molecule has 0 heterocycles. The highest BCUT2D eigenvalue weighted by atomic mass is 35.5. The number of thioether (sulfide) groups is 1. The third-order valence-corrected chi connectivity index (χ3v) is 4.17. The maximum atomic E-state index is 11.6. The maximum Gasteiger partial charge on any atom is 0.338 e. The molecule has 5 heteroatoms. The molecule has 0 aliphatic rings. The lowest BCUT2D eigenvalue weighted by Gasteiger charge is -2.22. The number of carboxylic acids is 1. The van der Waals surface area contributed by atoms with E-state index in [-0.39, 0.29) is 0 Å². The van der Waals surface area contributed by atoms with E-state index >= 15 is 0 Å². The summed E-state index contributed by atoms with van der Waals surface area (Å²) < 4.78 is 0. The predicted octanol–water partition coefficient (Wildman–Crippen LogP) is 4.40. The molecule has 0 aliphatic heterocycles. The van der Waals surface area contributed by atoms with Gasteiger partial charge < -0.3 is 10.0 Å². The zero-order valence-electron chi connectivity index (χ0n) is 11.8. The van der Waals surface area contributed by atoms with E-state index in [0.29, 0.717) is 22.8 Å². The van der Waals surface area contributed by atoms with E-state index in [1.807, 2.05) is 60.7 Å². The van der Waals surface area contributed by atoms with E-state index in [0.717, 1.165) is 10.5 Å². The second-order valence-electron chi connectivity index (χ2n) is 4.65. The first-order chi connectivity index (χ1) is 10.0. The molecule has 3 nitrogen and oxygen atoms in total. The van der Waals surface area contributed by atoms with Crippen LogP contribution in [-0.4, -0.2) is 24.4 Å². The van der Waals surface area contributed by atoms with Gasteiger partial charge in [0.1, 0.15) is 0 Å². The van der Waals surface area contributed by atoms with Gasteiger partial charge in [-0.15, -0.1) is 11.8 Å². The highest BCUT2D eigenvalue weighted by Gasteiger charge is 2.17. The van der Waals surface area contributed by atoms with Crippen LogP contribution in [0.15, 0.2) is 47.4 Å². The normalized spacial score (nSPS) is 10.4. The van der Waals surface area contributed by atoms with Gasteiger partial charge in [0.05, 0.1) is 11.3 Å². The number of halogens is 1. The Bertz CT molecular complexity index is 660. The second-order valence-corrected chi connectivity index (χ2v) is 5.93. The number of rotatable bonds is 5. The Morgan fingerprint density at radius 2 is 2.00 bits per heavy atom. The number of hydrogen-bond donors (Lipinski definition) is 1. The van der Waals surface area contributed by atoms with Crippen molar-refractivity contribution >= 4 is 35.0 Å². The standard InChI is InChI=1S/C16H16ClNO2S/c1-18(10-11-5-3-6-12(17)9-11)13-7-4-8-14(21-2)15(13)16(19)20/h3-9H,10H2,1-2H3,(H,19,20). The molecule has 0 atom stereocenters. The predicted molar refractivity (Wildman–Crippen MR) is 88.7 cm³/mol. The van der Waals surface area contributed by atoms with E-state index < -0.39 is 5.97 Å². The minimum absolute atomic E-state index is 0.342. The third kappa shape index (κ3) is 3.71. The van der Waals surface area contributed by atoms with Gasteiger partial charge in [-0.3, -0.25) is 0 Å². The zero-order chi connectivity index (χ0) is 15.4. The zero-order valence-corrected chi connectivity index (χ0v) is 13.4. The van der Waals surface area contributed by atoms with Crippen molar-refractivity contribution in [3.63, 3.8) is 0 Å². The number of carbonyl (C=O) groups is 1. The van der Waals surface area contributed by atoms with E-state index in [9.17, 15) is 9.90 Å². The summed E-state index contributed by atoms with van der Waals surface area (Å²) in [5.41, 5.74) is 2.08. The largest absolute Gasteiger partial charge is 0.478 e. The molecule has 21 heavy (non-hydrogen) atoms. The van der Waals surface area contributed by atoms with Gasteiger partial charge in [-0.2, -0.15) is 0 Å². The highest BCUT2D eigenvalue weighted by molar-refractivity contribution is 7.98. The molecule has 0 saturated heterocycles. The fourth-order valence-electron chi connectivity index (χ4n) is 2.22. The van der Waals surface area contributed by atoms with E-state index in [4.69, 9.17) is 11.6 Å². The molecule has 0 unspecified atom stereocenters. The summed E-state index contributed by atoms with van der Waals surface area (Å²) in [6.45, 7) is 0.596. The molecule has 0 fully saturated rings. The Morgan fingerprint density at radius 3 is 2.62 bits per heavy atom. The van der Waals surface area contributed by atoms with Gasteiger partial charge in [-0.1, -0.05) is 29.8 Å². The fraction of sp³-hybridized carbons (Fsp3) is 0.188. The van der Waals surface area contributed by atoms with Crippen molar-refractivity contribution in [2.45, 2.75) is 11.4 Å². The van der Waals surface area contributed by atoms with Crippen LogP contribution in [-0.2, 0) is 6.54 Å². The Kier molecular flexibility index (Phi) is 5.15. The van der Waals surface area contributed by atoms with Crippen LogP contribution in [0.4, 0.5) is 5.69 Å². The minimum Gasteiger partial charge on any atom is -0.478 e. The van der Waals surface area contributed by atoms with E-state index in [1.54, 1.807) is 0 Å². The first-order valence-corrected chi connectivity index (χ1v) is 7.99. The molecular weight excluding hydrogens is 306 g/mol. The molecule has 1 N–H and O–H groups in total. The number of aromatic carboxylic acids is 1. The molecule has 0 amide bonds. The maximum absolute atomic E-state index is 11.6. The van der Waals surface area contributed by atoms with Gasteiger partial charge in [0.25, 0.3) is 0 Å². The van der Waals surface area contributed by atoms with Gasteiger partial charge in [0.2, 0.25) is 0 Å². The van der Waals surface area contributed by atoms with Crippen LogP contribution in [0.2, 0.25) is 5.02 Å². The van der Waals surface area contributed by atoms with E-state index in [1.165, 1.54) is 11.8 Å². The number of carboxylic acid groups (broad SMARTS) is 1. The number of anilines is 1. The molecule has 0 aromatic heterocycles. The molecule has 2 aromatic carbocycles. The average molecular weight is 322 g/mol. The first-order valence-electron chi connectivity index (χ1n) is 6.39. The Hall–Kier alpha value is -1.65. The molecular formula is C16H16ClNO2S. The molecule has 110 valence electrons.